The second-order valence-electron chi connectivity index (χ2n) is 6.54. The predicted octanol–water partition coefficient (Wildman–Crippen LogP) is 4.69. The van der Waals surface area contributed by atoms with Crippen molar-refractivity contribution in [3.05, 3.63) is 47.5 Å². The Morgan fingerprint density at radius 1 is 1.05 bits per heavy atom. The summed E-state index contributed by atoms with van der Waals surface area (Å²) in [6, 6.07) is 8.98. The van der Waals surface area contributed by atoms with Gasteiger partial charge in [-0.15, -0.1) is 0 Å². The number of nitrogens with one attached hydrogen (secondary N) is 1. The Kier molecular flexibility index (Phi) is 6.30. The van der Waals surface area contributed by atoms with Crippen molar-refractivity contribution in [1.82, 2.24) is 5.32 Å². The zero-order valence-electron chi connectivity index (χ0n) is 13.2. The molecule has 1 nitrogen and oxygen atoms in total. The van der Waals surface area contributed by atoms with Gasteiger partial charge >= 0.3 is 0 Å². The highest BCUT2D eigenvalue weighted by molar-refractivity contribution is 5.25. The van der Waals surface area contributed by atoms with Crippen LogP contribution in [0.3, 0.4) is 0 Å². The maximum Gasteiger partial charge on any atom is 0.00966 e. The van der Waals surface area contributed by atoms with Crippen LogP contribution in [0.5, 0.6) is 0 Å². The van der Waals surface area contributed by atoms with Gasteiger partial charge in [0.25, 0.3) is 0 Å². The number of benzene rings is 1. The molecule has 0 saturated heterocycles. The average molecular weight is 259 g/mol. The van der Waals surface area contributed by atoms with Gasteiger partial charge in [0.1, 0.15) is 0 Å². The number of hydrogen-bond acceptors (Lipinski definition) is 1. The Labute approximate surface area is 119 Å². The van der Waals surface area contributed by atoms with Crippen molar-refractivity contribution < 1.29 is 0 Å². The van der Waals surface area contributed by atoms with Crippen molar-refractivity contribution in [2.75, 3.05) is 6.54 Å². The molecule has 1 N–H and O–H groups in total. The molecule has 0 saturated carbocycles. The fraction of sp³-hybridized carbons (Fsp3) is 0.556. The van der Waals surface area contributed by atoms with Crippen molar-refractivity contribution in [3.63, 3.8) is 0 Å². The summed E-state index contributed by atoms with van der Waals surface area (Å²) < 4.78 is 0. The molecule has 0 unspecified atom stereocenters. The van der Waals surface area contributed by atoms with Gasteiger partial charge in [-0.3, -0.25) is 0 Å². The first-order chi connectivity index (χ1) is 8.88. The van der Waals surface area contributed by atoms with Gasteiger partial charge in [-0.1, -0.05) is 50.3 Å². The van der Waals surface area contributed by atoms with Gasteiger partial charge in [-0.25, -0.2) is 0 Å². The maximum atomic E-state index is 3.49. The van der Waals surface area contributed by atoms with E-state index in [4.69, 9.17) is 0 Å². The Balaban J connectivity index is 2.28. The molecule has 1 heteroatoms. The second kappa shape index (κ2) is 7.49. The predicted molar refractivity (Wildman–Crippen MR) is 85.7 cm³/mol. The minimum atomic E-state index is 0.223. The summed E-state index contributed by atoms with van der Waals surface area (Å²) in [6.07, 6.45) is 6.68. The van der Waals surface area contributed by atoms with Crippen LogP contribution in [0.15, 0.2) is 36.4 Å². The lowest BCUT2D eigenvalue weighted by molar-refractivity contribution is 0.431. The SMILES string of the molecule is CC(C)c1ccc(CC=CCCNC(C)(C)C)cc1. The zero-order valence-corrected chi connectivity index (χ0v) is 13.2. The molecule has 106 valence electrons. The van der Waals surface area contributed by atoms with Crippen LogP contribution >= 0.6 is 0 Å². The van der Waals surface area contributed by atoms with Crippen LogP contribution in [0.2, 0.25) is 0 Å². The molecule has 0 heterocycles. The van der Waals surface area contributed by atoms with Gasteiger partial charge < -0.3 is 5.32 Å². The molecular weight excluding hydrogens is 230 g/mol. The molecule has 0 aliphatic heterocycles. The molecule has 0 spiro atoms. The summed E-state index contributed by atoms with van der Waals surface area (Å²) in [4.78, 5) is 0. The Bertz CT molecular complexity index is 379. The fourth-order valence-electron chi connectivity index (χ4n) is 1.91. The van der Waals surface area contributed by atoms with Crippen molar-refractivity contribution >= 4 is 0 Å². The van der Waals surface area contributed by atoms with E-state index in [9.17, 15) is 0 Å². The lowest BCUT2D eigenvalue weighted by Crippen LogP contribution is -2.36. The maximum absolute atomic E-state index is 3.49. The minimum absolute atomic E-state index is 0.223. The molecular formula is C18H29N. The van der Waals surface area contributed by atoms with Crippen molar-refractivity contribution in [2.45, 2.75) is 58.9 Å². The van der Waals surface area contributed by atoms with E-state index in [1.165, 1.54) is 11.1 Å². The van der Waals surface area contributed by atoms with Gasteiger partial charge in [0.2, 0.25) is 0 Å². The molecule has 0 radical (unpaired) electrons. The van der Waals surface area contributed by atoms with Crippen molar-refractivity contribution in [1.29, 1.82) is 0 Å². The van der Waals surface area contributed by atoms with E-state index in [1.807, 2.05) is 0 Å². The van der Waals surface area contributed by atoms with Crippen LogP contribution in [-0.2, 0) is 6.42 Å². The van der Waals surface area contributed by atoms with E-state index in [0.29, 0.717) is 5.92 Å². The van der Waals surface area contributed by atoms with Crippen LogP contribution in [0, 0.1) is 0 Å². The van der Waals surface area contributed by atoms with Crippen LogP contribution in [-0.4, -0.2) is 12.1 Å². The lowest BCUT2D eigenvalue weighted by Gasteiger charge is -2.19. The minimum Gasteiger partial charge on any atom is -0.312 e. The second-order valence-corrected chi connectivity index (χ2v) is 6.54. The summed E-state index contributed by atoms with van der Waals surface area (Å²) in [5.41, 5.74) is 3.03. The third-order valence-electron chi connectivity index (χ3n) is 3.13. The molecule has 0 aromatic heterocycles. The van der Waals surface area contributed by atoms with E-state index >= 15 is 0 Å². The summed E-state index contributed by atoms with van der Waals surface area (Å²) in [5.74, 6) is 0.619. The van der Waals surface area contributed by atoms with Gasteiger partial charge in [0.05, 0.1) is 0 Å². The quantitative estimate of drug-likeness (QED) is 0.577. The van der Waals surface area contributed by atoms with Gasteiger partial charge in [0.15, 0.2) is 0 Å². The van der Waals surface area contributed by atoms with Gasteiger partial charge in [0, 0.05) is 5.54 Å². The summed E-state index contributed by atoms with van der Waals surface area (Å²) in [6.45, 7) is 12.1. The Morgan fingerprint density at radius 2 is 1.68 bits per heavy atom. The monoisotopic (exact) mass is 259 g/mol. The van der Waals surface area contributed by atoms with E-state index in [0.717, 1.165) is 19.4 Å². The first kappa shape index (κ1) is 16.0. The molecule has 19 heavy (non-hydrogen) atoms. The Hall–Kier alpha value is -1.08. The fourth-order valence-corrected chi connectivity index (χ4v) is 1.91. The third kappa shape index (κ3) is 7.17. The number of rotatable bonds is 6. The van der Waals surface area contributed by atoms with E-state index in [-0.39, 0.29) is 5.54 Å². The Morgan fingerprint density at radius 3 is 2.21 bits per heavy atom. The van der Waals surface area contributed by atoms with Gasteiger partial charge in [-0.2, -0.15) is 0 Å². The van der Waals surface area contributed by atoms with Crippen LogP contribution < -0.4 is 5.32 Å². The first-order valence-electron chi connectivity index (χ1n) is 7.37. The standard InChI is InChI=1S/C18H29N/c1-15(2)17-12-10-16(11-13-17)9-7-6-8-14-19-18(3,4)5/h6-7,10-13,15,19H,8-9,14H2,1-5H3. The zero-order chi connectivity index (χ0) is 14.3. The topological polar surface area (TPSA) is 12.0 Å². The summed E-state index contributed by atoms with van der Waals surface area (Å²) in [5, 5.41) is 3.49. The normalized spacial score (nSPS) is 12.5. The van der Waals surface area contributed by atoms with Crippen LogP contribution in [0.25, 0.3) is 0 Å². The summed E-state index contributed by atoms with van der Waals surface area (Å²) in [7, 11) is 0. The highest BCUT2D eigenvalue weighted by Gasteiger charge is 2.06. The van der Waals surface area contributed by atoms with E-state index < -0.39 is 0 Å². The molecule has 1 aromatic carbocycles. The van der Waals surface area contributed by atoms with Crippen molar-refractivity contribution in [3.8, 4) is 0 Å². The average Bonchev–Trinajstić information content (AvgIpc) is 2.33. The van der Waals surface area contributed by atoms with E-state index in [1.54, 1.807) is 0 Å². The molecule has 0 fully saturated rings. The molecule has 0 bridgehead atoms. The largest absolute Gasteiger partial charge is 0.312 e. The molecule has 0 amide bonds. The molecule has 1 aromatic rings. The third-order valence-corrected chi connectivity index (χ3v) is 3.13. The lowest BCUT2D eigenvalue weighted by atomic mass is 10.0. The van der Waals surface area contributed by atoms with Gasteiger partial charge in [-0.05, 0) is 57.2 Å². The van der Waals surface area contributed by atoms with E-state index in [2.05, 4.69) is 76.4 Å². The highest BCUT2D eigenvalue weighted by atomic mass is 14.9. The number of allylic oxidation sites excluding steroid dienone is 1. The first-order valence-corrected chi connectivity index (χ1v) is 7.37. The van der Waals surface area contributed by atoms with Crippen molar-refractivity contribution in [2.24, 2.45) is 0 Å². The number of hydrogen-bond donors (Lipinski definition) is 1. The van der Waals surface area contributed by atoms with Crippen LogP contribution in [0.1, 0.15) is 58.1 Å². The van der Waals surface area contributed by atoms with Crippen LogP contribution in [0.4, 0.5) is 0 Å². The molecule has 0 aliphatic carbocycles. The summed E-state index contributed by atoms with van der Waals surface area (Å²) >= 11 is 0. The highest BCUT2D eigenvalue weighted by Crippen LogP contribution is 2.15. The smallest absolute Gasteiger partial charge is 0.00966 e. The molecule has 1 rings (SSSR count). The molecule has 0 aliphatic rings. The molecule has 0 atom stereocenters.